The van der Waals surface area contributed by atoms with Gasteiger partial charge in [0.25, 0.3) is 0 Å². The third-order valence-corrected chi connectivity index (χ3v) is 3.87. The fourth-order valence-corrected chi connectivity index (χ4v) is 2.84. The molecule has 0 saturated carbocycles. The summed E-state index contributed by atoms with van der Waals surface area (Å²) in [6, 6.07) is 9.88. The Bertz CT molecular complexity index is 569. The second kappa shape index (κ2) is 8.00. The lowest BCUT2D eigenvalue weighted by atomic mass is 10.2. The van der Waals surface area contributed by atoms with Gasteiger partial charge in [0.2, 0.25) is 0 Å². The highest BCUT2D eigenvalue weighted by atomic mass is 32.2. The molecule has 0 amide bonds. The molecule has 0 unspecified atom stereocenters. The van der Waals surface area contributed by atoms with E-state index in [0.717, 1.165) is 40.0 Å². The molecule has 0 atom stereocenters. The molecule has 0 saturated heterocycles. The van der Waals surface area contributed by atoms with Crippen LogP contribution in [-0.2, 0) is 6.54 Å². The van der Waals surface area contributed by atoms with Crippen LogP contribution < -0.4 is 10.5 Å². The maximum absolute atomic E-state index is 5.78. The summed E-state index contributed by atoms with van der Waals surface area (Å²) >= 11 is 1.67. The molecule has 5 heteroatoms. The fraction of sp³-hybridized carbons (Fsp3) is 0.375. The van der Waals surface area contributed by atoms with Gasteiger partial charge in [0.1, 0.15) is 5.75 Å². The first-order valence-corrected chi connectivity index (χ1v) is 8.03. The van der Waals surface area contributed by atoms with Crippen LogP contribution >= 0.6 is 11.8 Å². The van der Waals surface area contributed by atoms with Gasteiger partial charge in [-0.15, -0.1) is 0 Å². The zero-order chi connectivity index (χ0) is 15.1. The third-order valence-electron chi connectivity index (χ3n) is 2.93. The van der Waals surface area contributed by atoms with Crippen LogP contribution in [0, 0.1) is 13.8 Å². The number of aromatic nitrogens is 2. The summed E-state index contributed by atoms with van der Waals surface area (Å²) in [4.78, 5) is 8.82. The third kappa shape index (κ3) is 5.02. The number of hydrogen-bond donors (Lipinski definition) is 1. The monoisotopic (exact) mass is 303 g/mol. The number of hydrogen-bond acceptors (Lipinski definition) is 5. The molecule has 0 fully saturated rings. The molecule has 0 spiro atoms. The van der Waals surface area contributed by atoms with Crippen molar-refractivity contribution in [2.24, 2.45) is 5.73 Å². The Morgan fingerprint density at radius 1 is 1.14 bits per heavy atom. The maximum atomic E-state index is 5.78. The lowest BCUT2D eigenvalue weighted by Crippen LogP contribution is -2.04. The largest absolute Gasteiger partial charge is 0.493 e. The Morgan fingerprint density at radius 3 is 2.57 bits per heavy atom. The smallest absolute Gasteiger partial charge is 0.187 e. The van der Waals surface area contributed by atoms with Crippen LogP contribution in [0.15, 0.2) is 35.5 Å². The van der Waals surface area contributed by atoms with Crippen LogP contribution in [0.25, 0.3) is 0 Å². The second-order valence-corrected chi connectivity index (χ2v) is 5.86. The summed E-state index contributed by atoms with van der Waals surface area (Å²) in [6.45, 7) is 5.16. The van der Waals surface area contributed by atoms with Crippen molar-refractivity contribution in [3.8, 4) is 5.75 Å². The van der Waals surface area contributed by atoms with E-state index in [1.807, 2.05) is 44.2 Å². The number of benzene rings is 1. The summed E-state index contributed by atoms with van der Waals surface area (Å²) in [5.41, 5.74) is 8.75. The molecule has 0 aliphatic carbocycles. The van der Waals surface area contributed by atoms with Crippen molar-refractivity contribution >= 4 is 11.8 Å². The zero-order valence-corrected chi connectivity index (χ0v) is 13.3. The van der Waals surface area contributed by atoms with E-state index in [0.29, 0.717) is 13.2 Å². The highest BCUT2D eigenvalue weighted by Gasteiger charge is 2.02. The predicted molar refractivity (Wildman–Crippen MR) is 86.7 cm³/mol. The van der Waals surface area contributed by atoms with Crippen LogP contribution in [-0.4, -0.2) is 22.3 Å². The van der Waals surface area contributed by atoms with E-state index in [1.165, 1.54) is 0 Å². The van der Waals surface area contributed by atoms with Gasteiger partial charge in [0.05, 0.1) is 6.61 Å². The molecule has 0 aliphatic rings. The highest BCUT2D eigenvalue weighted by Crippen LogP contribution is 2.18. The summed E-state index contributed by atoms with van der Waals surface area (Å²) in [7, 11) is 0. The van der Waals surface area contributed by atoms with E-state index in [4.69, 9.17) is 10.5 Å². The molecule has 1 heterocycles. The SMILES string of the molecule is Cc1cc(C)nc(SCCCOc2ccccc2CN)n1. The molecular formula is C16H21N3OS. The van der Waals surface area contributed by atoms with Gasteiger partial charge in [-0.3, -0.25) is 0 Å². The number of rotatable bonds is 7. The lowest BCUT2D eigenvalue weighted by molar-refractivity contribution is 0.315. The van der Waals surface area contributed by atoms with E-state index < -0.39 is 0 Å². The topological polar surface area (TPSA) is 61.0 Å². The second-order valence-electron chi connectivity index (χ2n) is 4.80. The quantitative estimate of drug-likeness (QED) is 0.484. The minimum Gasteiger partial charge on any atom is -0.493 e. The molecule has 2 N–H and O–H groups in total. The summed E-state index contributed by atoms with van der Waals surface area (Å²) in [5, 5.41) is 0.842. The zero-order valence-electron chi connectivity index (χ0n) is 12.5. The normalized spacial score (nSPS) is 10.6. The number of thioether (sulfide) groups is 1. The molecule has 4 nitrogen and oxygen atoms in total. The van der Waals surface area contributed by atoms with Gasteiger partial charge in [-0.25, -0.2) is 9.97 Å². The van der Waals surface area contributed by atoms with Gasteiger partial charge in [0.15, 0.2) is 5.16 Å². The Hall–Kier alpha value is -1.59. The molecule has 1 aromatic carbocycles. The van der Waals surface area contributed by atoms with Crippen LogP contribution in [0.1, 0.15) is 23.4 Å². The Balaban J connectivity index is 1.75. The number of nitrogens with two attached hydrogens (primary N) is 1. The van der Waals surface area contributed by atoms with Gasteiger partial charge in [0, 0.05) is 29.2 Å². The van der Waals surface area contributed by atoms with E-state index >= 15 is 0 Å². The first-order chi connectivity index (χ1) is 10.2. The van der Waals surface area contributed by atoms with Crippen LogP contribution in [0.5, 0.6) is 5.75 Å². The van der Waals surface area contributed by atoms with E-state index in [9.17, 15) is 0 Å². The van der Waals surface area contributed by atoms with E-state index in [-0.39, 0.29) is 0 Å². The minimum absolute atomic E-state index is 0.501. The van der Waals surface area contributed by atoms with Crippen molar-refractivity contribution in [1.82, 2.24) is 9.97 Å². The Kier molecular flexibility index (Phi) is 6.02. The first-order valence-electron chi connectivity index (χ1n) is 7.05. The Morgan fingerprint density at radius 2 is 1.86 bits per heavy atom. The summed E-state index contributed by atoms with van der Waals surface area (Å²) in [6.07, 6.45) is 0.944. The number of ether oxygens (including phenoxy) is 1. The minimum atomic E-state index is 0.501. The summed E-state index contributed by atoms with van der Waals surface area (Å²) < 4.78 is 5.78. The van der Waals surface area contributed by atoms with Crippen LogP contribution in [0.4, 0.5) is 0 Å². The average molecular weight is 303 g/mol. The van der Waals surface area contributed by atoms with Crippen molar-refractivity contribution in [2.75, 3.05) is 12.4 Å². The molecule has 0 radical (unpaired) electrons. The number of nitrogens with zero attached hydrogens (tertiary/aromatic N) is 2. The maximum Gasteiger partial charge on any atom is 0.187 e. The fourth-order valence-electron chi connectivity index (χ4n) is 1.98. The standard InChI is InChI=1S/C16H21N3OS/c1-12-10-13(2)19-16(18-12)21-9-5-8-20-15-7-4-3-6-14(15)11-17/h3-4,6-7,10H,5,8-9,11,17H2,1-2H3. The molecule has 21 heavy (non-hydrogen) atoms. The van der Waals surface area contributed by atoms with Gasteiger partial charge in [-0.1, -0.05) is 30.0 Å². The molecular weight excluding hydrogens is 282 g/mol. The molecule has 2 rings (SSSR count). The molecule has 2 aromatic rings. The van der Waals surface area contributed by atoms with Crippen molar-refractivity contribution in [2.45, 2.75) is 32.0 Å². The molecule has 0 aliphatic heterocycles. The Labute approximate surface area is 130 Å². The van der Waals surface area contributed by atoms with Gasteiger partial charge in [-0.05, 0) is 32.4 Å². The van der Waals surface area contributed by atoms with Crippen molar-refractivity contribution in [3.05, 3.63) is 47.3 Å². The summed E-state index contributed by atoms with van der Waals surface area (Å²) in [5.74, 6) is 1.82. The molecule has 1 aromatic heterocycles. The van der Waals surface area contributed by atoms with Gasteiger partial charge < -0.3 is 10.5 Å². The lowest BCUT2D eigenvalue weighted by Gasteiger charge is -2.09. The van der Waals surface area contributed by atoms with Crippen molar-refractivity contribution in [3.63, 3.8) is 0 Å². The van der Waals surface area contributed by atoms with Crippen LogP contribution in [0.3, 0.4) is 0 Å². The van der Waals surface area contributed by atoms with E-state index in [2.05, 4.69) is 9.97 Å². The van der Waals surface area contributed by atoms with Gasteiger partial charge >= 0.3 is 0 Å². The number of aryl methyl sites for hydroxylation is 2. The molecule has 112 valence electrons. The molecule has 0 bridgehead atoms. The number of para-hydroxylation sites is 1. The van der Waals surface area contributed by atoms with Gasteiger partial charge in [-0.2, -0.15) is 0 Å². The average Bonchev–Trinajstić information content (AvgIpc) is 2.46. The van der Waals surface area contributed by atoms with Crippen LogP contribution in [0.2, 0.25) is 0 Å². The first kappa shape index (κ1) is 15.8. The van der Waals surface area contributed by atoms with Crippen molar-refractivity contribution < 1.29 is 4.74 Å². The predicted octanol–water partition coefficient (Wildman–Crippen LogP) is 3.11. The van der Waals surface area contributed by atoms with Crippen molar-refractivity contribution in [1.29, 1.82) is 0 Å². The van der Waals surface area contributed by atoms with E-state index in [1.54, 1.807) is 11.8 Å². The highest BCUT2D eigenvalue weighted by molar-refractivity contribution is 7.99.